The lowest BCUT2D eigenvalue weighted by molar-refractivity contribution is 0.362. The molecule has 5 heteroatoms. The molecule has 0 aliphatic carbocycles. The summed E-state index contributed by atoms with van der Waals surface area (Å²) in [6.45, 7) is 5.22. The Morgan fingerprint density at radius 3 is 2.92 bits per heavy atom. The van der Waals surface area contributed by atoms with Gasteiger partial charge in [-0.1, -0.05) is 12.1 Å². The Hall–Kier alpha value is -0.940. The van der Waals surface area contributed by atoms with Crippen molar-refractivity contribution in [1.29, 1.82) is 0 Å². The zero-order valence-electron chi connectivity index (χ0n) is 8.08. The third-order valence-electron chi connectivity index (χ3n) is 1.78. The fraction of sp³-hybridized carbons (Fsp3) is 0.750. The van der Waals surface area contributed by atoms with Crippen molar-refractivity contribution in [2.75, 3.05) is 6.54 Å². The largest absolute Gasteiger partial charge is 0.338 e. The number of nitrogens with two attached hydrogens (primary N) is 1. The zero-order valence-corrected chi connectivity index (χ0v) is 8.08. The van der Waals surface area contributed by atoms with Crippen LogP contribution in [0.15, 0.2) is 4.52 Å². The molecule has 13 heavy (non-hydrogen) atoms. The lowest BCUT2D eigenvalue weighted by atomic mass is 10.2. The standard InChI is InChI=1S/C8H16N4O/c1-3-7(9)4-10-5-8-11-6(2)12-13-8/h7,10H,3-5,9H2,1-2H3. The molecule has 1 atom stereocenters. The summed E-state index contributed by atoms with van der Waals surface area (Å²) in [5.74, 6) is 1.28. The molecule has 1 unspecified atom stereocenters. The summed E-state index contributed by atoms with van der Waals surface area (Å²) < 4.78 is 4.92. The molecular weight excluding hydrogens is 168 g/mol. The van der Waals surface area contributed by atoms with Gasteiger partial charge in [-0.2, -0.15) is 4.98 Å². The second-order valence-corrected chi connectivity index (χ2v) is 3.03. The molecule has 0 aromatic carbocycles. The van der Waals surface area contributed by atoms with Crippen LogP contribution < -0.4 is 11.1 Å². The summed E-state index contributed by atoms with van der Waals surface area (Å²) >= 11 is 0. The summed E-state index contributed by atoms with van der Waals surface area (Å²) in [5, 5.41) is 6.82. The molecule has 74 valence electrons. The SMILES string of the molecule is CCC(N)CNCc1nc(C)no1. The fourth-order valence-corrected chi connectivity index (χ4v) is 0.921. The molecule has 0 bridgehead atoms. The Morgan fingerprint density at radius 1 is 1.62 bits per heavy atom. The Balaban J connectivity index is 2.20. The van der Waals surface area contributed by atoms with Crippen LogP contribution in [0, 0.1) is 6.92 Å². The van der Waals surface area contributed by atoms with Gasteiger partial charge < -0.3 is 15.6 Å². The molecule has 0 fully saturated rings. The number of nitrogens with zero attached hydrogens (tertiary/aromatic N) is 2. The van der Waals surface area contributed by atoms with Gasteiger partial charge in [0.05, 0.1) is 6.54 Å². The van der Waals surface area contributed by atoms with Crippen molar-refractivity contribution in [2.24, 2.45) is 5.73 Å². The van der Waals surface area contributed by atoms with Crippen molar-refractivity contribution >= 4 is 0 Å². The topological polar surface area (TPSA) is 77.0 Å². The Morgan fingerprint density at radius 2 is 2.38 bits per heavy atom. The molecule has 0 saturated heterocycles. The maximum Gasteiger partial charge on any atom is 0.240 e. The van der Waals surface area contributed by atoms with E-state index >= 15 is 0 Å². The van der Waals surface area contributed by atoms with Gasteiger partial charge in [0.1, 0.15) is 0 Å². The predicted molar refractivity (Wildman–Crippen MR) is 49.0 cm³/mol. The minimum Gasteiger partial charge on any atom is -0.338 e. The van der Waals surface area contributed by atoms with Gasteiger partial charge in [0.2, 0.25) is 5.89 Å². The first kappa shape index (κ1) is 10.1. The first-order chi connectivity index (χ1) is 6.22. The van der Waals surface area contributed by atoms with Gasteiger partial charge in [-0.3, -0.25) is 0 Å². The number of hydrogen-bond donors (Lipinski definition) is 2. The summed E-state index contributed by atoms with van der Waals surface area (Å²) in [6.07, 6.45) is 0.968. The molecule has 5 nitrogen and oxygen atoms in total. The molecule has 0 aliphatic rings. The van der Waals surface area contributed by atoms with E-state index in [1.165, 1.54) is 0 Å². The highest BCUT2D eigenvalue weighted by atomic mass is 16.5. The van der Waals surface area contributed by atoms with E-state index in [0.717, 1.165) is 13.0 Å². The summed E-state index contributed by atoms with van der Waals surface area (Å²) in [5.41, 5.74) is 5.71. The molecule has 1 aromatic rings. The minimum atomic E-state index is 0.198. The monoisotopic (exact) mass is 184 g/mol. The lowest BCUT2D eigenvalue weighted by Crippen LogP contribution is -2.32. The van der Waals surface area contributed by atoms with Crippen molar-refractivity contribution in [3.63, 3.8) is 0 Å². The quantitative estimate of drug-likeness (QED) is 0.683. The van der Waals surface area contributed by atoms with Crippen LogP contribution in [-0.4, -0.2) is 22.7 Å². The van der Waals surface area contributed by atoms with E-state index in [2.05, 4.69) is 22.4 Å². The Labute approximate surface area is 77.7 Å². The Kier molecular flexibility index (Phi) is 3.85. The molecule has 0 aliphatic heterocycles. The summed E-state index contributed by atoms with van der Waals surface area (Å²) in [7, 11) is 0. The number of nitrogens with one attached hydrogen (secondary N) is 1. The third kappa shape index (κ3) is 3.52. The first-order valence-corrected chi connectivity index (χ1v) is 4.48. The summed E-state index contributed by atoms with van der Waals surface area (Å²) in [6, 6.07) is 0.198. The van der Waals surface area contributed by atoms with Crippen molar-refractivity contribution in [3.05, 3.63) is 11.7 Å². The van der Waals surface area contributed by atoms with Crippen LogP contribution in [0.4, 0.5) is 0 Å². The zero-order chi connectivity index (χ0) is 9.68. The number of aromatic nitrogens is 2. The maximum absolute atomic E-state index is 5.71. The van der Waals surface area contributed by atoms with Gasteiger partial charge in [-0.05, 0) is 13.3 Å². The fourth-order valence-electron chi connectivity index (χ4n) is 0.921. The van der Waals surface area contributed by atoms with Crippen molar-refractivity contribution in [1.82, 2.24) is 15.5 Å². The van der Waals surface area contributed by atoms with Crippen LogP contribution in [0.3, 0.4) is 0 Å². The van der Waals surface area contributed by atoms with E-state index in [9.17, 15) is 0 Å². The first-order valence-electron chi connectivity index (χ1n) is 4.48. The van der Waals surface area contributed by atoms with Gasteiger partial charge in [0, 0.05) is 12.6 Å². The number of aryl methyl sites for hydroxylation is 1. The van der Waals surface area contributed by atoms with Gasteiger partial charge in [0.25, 0.3) is 0 Å². The number of hydrogen-bond acceptors (Lipinski definition) is 5. The van der Waals surface area contributed by atoms with Crippen LogP contribution >= 0.6 is 0 Å². The highest BCUT2D eigenvalue weighted by Gasteiger charge is 2.02. The normalized spacial score (nSPS) is 13.2. The average Bonchev–Trinajstić information content (AvgIpc) is 2.51. The molecule has 1 rings (SSSR count). The molecule has 3 N–H and O–H groups in total. The molecule has 0 radical (unpaired) electrons. The van der Waals surface area contributed by atoms with Gasteiger partial charge >= 0.3 is 0 Å². The van der Waals surface area contributed by atoms with Crippen LogP contribution in [0.1, 0.15) is 25.1 Å². The maximum atomic E-state index is 5.71. The second-order valence-electron chi connectivity index (χ2n) is 3.03. The lowest BCUT2D eigenvalue weighted by Gasteiger charge is -2.07. The highest BCUT2D eigenvalue weighted by molar-refractivity contribution is 4.82. The molecule has 1 aromatic heterocycles. The molecule has 0 saturated carbocycles. The minimum absolute atomic E-state index is 0.198. The van der Waals surface area contributed by atoms with Crippen molar-refractivity contribution < 1.29 is 4.52 Å². The predicted octanol–water partition coefficient (Wildman–Crippen LogP) is 0.205. The van der Waals surface area contributed by atoms with Crippen molar-refractivity contribution in [3.8, 4) is 0 Å². The molecular formula is C8H16N4O. The van der Waals surface area contributed by atoms with E-state index < -0.39 is 0 Å². The van der Waals surface area contributed by atoms with Gasteiger partial charge in [-0.25, -0.2) is 0 Å². The van der Waals surface area contributed by atoms with E-state index in [1.54, 1.807) is 6.92 Å². The van der Waals surface area contributed by atoms with E-state index in [-0.39, 0.29) is 6.04 Å². The third-order valence-corrected chi connectivity index (χ3v) is 1.78. The molecule has 0 spiro atoms. The van der Waals surface area contributed by atoms with Crippen molar-refractivity contribution in [2.45, 2.75) is 32.9 Å². The van der Waals surface area contributed by atoms with Gasteiger partial charge in [0.15, 0.2) is 5.82 Å². The van der Waals surface area contributed by atoms with Crippen LogP contribution in [0.25, 0.3) is 0 Å². The van der Waals surface area contributed by atoms with E-state index in [1.807, 2.05) is 0 Å². The number of rotatable bonds is 5. The molecule has 0 amide bonds. The second kappa shape index (κ2) is 4.94. The van der Waals surface area contributed by atoms with E-state index in [0.29, 0.717) is 18.3 Å². The van der Waals surface area contributed by atoms with Crippen LogP contribution in [0.2, 0.25) is 0 Å². The van der Waals surface area contributed by atoms with Gasteiger partial charge in [-0.15, -0.1) is 0 Å². The molecule has 1 heterocycles. The van der Waals surface area contributed by atoms with Crippen LogP contribution in [0.5, 0.6) is 0 Å². The smallest absolute Gasteiger partial charge is 0.240 e. The average molecular weight is 184 g/mol. The van der Waals surface area contributed by atoms with Crippen LogP contribution in [-0.2, 0) is 6.54 Å². The summed E-state index contributed by atoms with van der Waals surface area (Å²) in [4.78, 5) is 4.05. The Bertz CT molecular complexity index is 248. The highest BCUT2D eigenvalue weighted by Crippen LogP contribution is 1.94. The van der Waals surface area contributed by atoms with E-state index in [4.69, 9.17) is 10.3 Å².